The molecule has 0 saturated carbocycles. The Labute approximate surface area is 169 Å². The summed E-state index contributed by atoms with van der Waals surface area (Å²) in [6.45, 7) is 0. The average Bonchev–Trinajstić information content (AvgIpc) is 3.28. The van der Waals surface area contributed by atoms with Gasteiger partial charge in [0.2, 0.25) is 0 Å². The van der Waals surface area contributed by atoms with Crippen molar-refractivity contribution in [2.75, 3.05) is 16.0 Å². The van der Waals surface area contributed by atoms with E-state index >= 15 is 0 Å². The molecule has 2 heterocycles. The van der Waals surface area contributed by atoms with Gasteiger partial charge in [-0.15, -0.1) is 0 Å². The van der Waals surface area contributed by atoms with E-state index in [-0.39, 0.29) is 0 Å². The number of hydrogen-bond acceptors (Lipinski definition) is 5. The monoisotopic (exact) mass is 407 g/mol. The van der Waals surface area contributed by atoms with E-state index in [1.165, 1.54) is 12.4 Å². The Hall–Kier alpha value is -4.34. The summed E-state index contributed by atoms with van der Waals surface area (Å²) in [7, 11) is 0. The molecule has 0 aliphatic heterocycles. The van der Waals surface area contributed by atoms with E-state index in [1.807, 2.05) is 0 Å². The van der Waals surface area contributed by atoms with Crippen molar-refractivity contribution in [3.8, 4) is 5.82 Å². The molecule has 2 aromatic heterocycles. The van der Waals surface area contributed by atoms with Gasteiger partial charge in [0.15, 0.2) is 0 Å². The number of halogens is 2. The molecule has 4 rings (SSSR count). The lowest BCUT2D eigenvalue weighted by molar-refractivity contribution is 0.262. The number of para-hydroxylation sites is 1. The van der Waals surface area contributed by atoms with Crippen LogP contribution >= 0.6 is 0 Å². The normalized spacial score (nSPS) is 10.5. The van der Waals surface area contributed by atoms with Crippen LogP contribution in [0.1, 0.15) is 0 Å². The zero-order chi connectivity index (χ0) is 20.9. The van der Waals surface area contributed by atoms with E-state index in [9.17, 15) is 13.6 Å². The van der Waals surface area contributed by atoms with Crippen molar-refractivity contribution < 1.29 is 13.6 Å². The predicted octanol–water partition coefficient (Wildman–Crippen LogP) is 4.33. The Morgan fingerprint density at radius 1 is 0.933 bits per heavy atom. The number of urea groups is 1. The van der Waals surface area contributed by atoms with Crippen molar-refractivity contribution in [3.63, 3.8) is 0 Å². The highest BCUT2D eigenvalue weighted by atomic mass is 19.1. The van der Waals surface area contributed by atoms with Crippen LogP contribution in [-0.2, 0) is 0 Å². The van der Waals surface area contributed by atoms with Crippen molar-refractivity contribution in [2.45, 2.75) is 0 Å². The van der Waals surface area contributed by atoms with E-state index < -0.39 is 23.4 Å². The third kappa shape index (κ3) is 4.38. The number of benzene rings is 2. The van der Waals surface area contributed by atoms with E-state index in [4.69, 9.17) is 0 Å². The second-order valence-corrected chi connectivity index (χ2v) is 6.11. The van der Waals surface area contributed by atoms with Crippen LogP contribution in [0.25, 0.3) is 5.82 Å². The van der Waals surface area contributed by atoms with Crippen LogP contribution in [0.4, 0.5) is 36.5 Å². The van der Waals surface area contributed by atoms with Crippen LogP contribution in [0.15, 0.2) is 73.6 Å². The van der Waals surface area contributed by atoms with Crippen molar-refractivity contribution >= 4 is 28.9 Å². The van der Waals surface area contributed by atoms with Gasteiger partial charge in [-0.2, -0.15) is 0 Å². The van der Waals surface area contributed by atoms with Gasteiger partial charge in [0.05, 0.1) is 0 Å². The fraction of sp³-hybridized carbons (Fsp3) is 0. The minimum absolute atomic E-state index is 0.441. The average molecular weight is 407 g/mol. The van der Waals surface area contributed by atoms with Gasteiger partial charge in [0.1, 0.15) is 41.6 Å². The number of aromatic nitrogens is 4. The standard InChI is InChI=1S/C20H15F2N7O/c21-15-2-1-3-16(22)19(15)28-20(30)27-14-6-4-13(5-7-14)26-17-10-18(25-11-24-17)29-9-8-23-12-29/h1-12H,(H,24,25,26)(H2,27,28,30). The lowest BCUT2D eigenvalue weighted by atomic mass is 10.2. The van der Waals surface area contributed by atoms with Crippen LogP contribution < -0.4 is 16.0 Å². The first-order valence-corrected chi connectivity index (χ1v) is 8.78. The summed E-state index contributed by atoms with van der Waals surface area (Å²) in [6, 6.07) is 11.0. The molecular formula is C20H15F2N7O. The zero-order valence-corrected chi connectivity index (χ0v) is 15.4. The number of amides is 2. The van der Waals surface area contributed by atoms with E-state index in [0.29, 0.717) is 17.3 Å². The summed E-state index contributed by atoms with van der Waals surface area (Å²) in [4.78, 5) is 24.4. The highest BCUT2D eigenvalue weighted by Crippen LogP contribution is 2.20. The zero-order valence-electron chi connectivity index (χ0n) is 15.4. The second kappa shape index (κ2) is 8.35. The fourth-order valence-electron chi connectivity index (χ4n) is 2.63. The number of anilines is 4. The minimum Gasteiger partial charge on any atom is -0.340 e. The molecule has 0 fully saturated rings. The predicted molar refractivity (Wildman–Crippen MR) is 108 cm³/mol. The Bertz CT molecular complexity index is 1140. The first kappa shape index (κ1) is 19.0. The van der Waals surface area contributed by atoms with E-state index in [2.05, 4.69) is 30.9 Å². The molecule has 150 valence electrons. The van der Waals surface area contributed by atoms with Gasteiger partial charge in [0, 0.05) is 29.8 Å². The molecule has 0 aliphatic rings. The summed E-state index contributed by atoms with van der Waals surface area (Å²) >= 11 is 0. The summed E-state index contributed by atoms with van der Waals surface area (Å²) in [5.74, 6) is -0.489. The molecule has 4 aromatic rings. The Morgan fingerprint density at radius 3 is 2.37 bits per heavy atom. The van der Waals surface area contributed by atoms with Crippen LogP contribution in [0.2, 0.25) is 0 Å². The number of imidazole rings is 1. The first-order chi connectivity index (χ1) is 14.6. The smallest absolute Gasteiger partial charge is 0.323 e. The molecule has 8 nitrogen and oxygen atoms in total. The van der Waals surface area contributed by atoms with Crippen LogP contribution in [0, 0.1) is 11.6 Å². The quantitative estimate of drug-likeness (QED) is 0.458. The van der Waals surface area contributed by atoms with Gasteiger partial charge >= 0.3 is 6.03 Å². The van der Waals surface area contributed by atoms with Crippen LogP contribution in [-0.4, -0.2) is 25.6 Å². The highest BCUT2D eigenvalue weighted by Gasteiger charge is 2.12. The molecule has 2 aromatic carbocycles. The maximum atomic E-state index is 13.6. The third-order valence-corrected chi connectivity index (χ3v) is 4.04. The van der Waals surface area contributed by atoms with Gasteiger partial charge in [-0.05, 0) is 36.4 Å². The van der Waals surface area contributed by atoms with Crippen LogP contribution in [0.3, 0.4) is 0 Å². The molecule has 0 spiro atoms. The van der Waals surface area contributed by atoms with Crippen LogP contribution in [0.5, 0.6) is 0 Å². The Balaban J connectivity index is 1.40. The van der Waals surface area contributed by atoms with Gasteiger partial charge in [-0.25, -0.2) is 28.5 Å². The molecule has 10 heteroatoms. The lowest BCUT2D eigenvalue weighted by Crippen LogP contribution is -2.20. The fourth-order valence-corrected chi connectivity index (χ4v) is 2.63. The van der Waals surface area contributed by atoms with E-state index in [0.717, 1.165) is 17.8 Å². The molecule has 0 unspecified atom stereocenters. The summed E-state index contributed by atoms with van der Waals surface area (Å²) in [5.41, 5.74) is 0.652. The van der Waals surface area contributed by atoms with Gasteiger partial charge in [-0.3, -0.25) is 4.57 Å². The molecule has 0 atom stereocenters. The second-order valence-electron chi connectivity index (χ2n) is 6.11. The minimum atomic E-state index is -0.857. The molecule has 0 radical (unpaired) electrons. The number of carbonyl (C=O) groups excluding carboxylic acids is 1. The van der Waals surface area contributed by atoms with Gasteiger partial charge in [0.25, 0.3) is 0 Å². The topological polar surface area (TPSA) is 96.8 Å². The molecule has 2 amide bonds. The maximum absolute atomic E-state index is 13.6. The number of carbonyl (C=O) groups is 1. The van der Waals surface area contributed by atoms with Gasteiger partial charge in [-0.1, -0.05) is 6.07 Å². The molecule has 0 bridgehead atoms. The summed E-state index contributed by atoms with van der Waals surface area (Å²) in [6.07, 6.45) is 6.48. The Morgan fingerprint density at radius 2 is 1.67 bits per heavy atom. The lowest BCUT2D eigenvalue weighted by Gasteiger charge is -2.11. The van der Waals surface area contributed by atoms with Crippen molar-refractivity contribution in [1.82, 2.24) is 19.5 Å². The summed E-state index contributed by atoms with van der Waals surface area (Å²) in [5, 5.41) is 7.81. The van der Waals surface area contributed by atoms with Crippen molar-refractivity contribution in [2.24, 2.45) is 0 Å². The highest BCUT2D eigenvalue weighted by molar-refractivity contribution is 6.00. The summed E-state index contributed by atoms with van der Waals surface area (Å²) < 4.78 is 29.0. The van der Waals surface area contributed by atoms with Crippen molar-refractivity contribution in [3.05, 3.63) is 85.2 Å². The molecule has 0 aliphatic carbocycles. The molecular weight excluding hydrogens is 392 g/mol. The van der Waals surface area contributed by atoms with Gasteiger partial charge < -0.3 is 16.0 Å². The largest absolute Gasteiger partial charge is 0.340 e. The SMILES string of the molecule is O=C(Nc1ccc(Nc2cc(-n3ccnc3)ncn2)cc1)Nc1c(F)cccc1F. The number of rotatable bonds is 5. The number of hydrogen-bond donors (Lipinski definition) is 3. The number of nitrogens with one attached hydrogen (secondary N) is 3. The third-order valence-electron chi connectivity index (χ3n) is 4.04. The van der Waals surface area contributed by atoms with Crippen molar-refractivity contribution in [1.29, 1.82) is 0 Å². The Kier molecular flexibility index (Phi) is 5.29. The molecule has 30 heavy (non-hydrogen) atoms. The maximum Gasteiger partial charge on any atom is 0.323 e. The molecule has 3 N–H and O–H groups in total. The van der Waals surface area contributed by atoms with E-state index in [1.54, 1.807) is 53.6 Å². The first-order valence-electron chi connectivity index (χ1n) is 8.78. The number of nitrogens with zero attached hydrogens (tertiary/aromatic N) is 4. The molecule has 0 saturated heterocycles.